The molecule has 0 bridgehead atoms. The number of nitriles is 1. The summed E-state index contributed by atoms with van der Waals surface area (Å²) in [6.07, 6.45) is -5.76. The van der Waals surface area contributed by atoms with E-state index in [9.17, 15) is 28.0 Å². The van der Waals surface area contributed by atoms with Crippen molar-refractivity contribution in [2.45, 2.75) is 19.2 Å². The summed E-state index contributed by atoms with van der Waals surface area (Å²) >= 11 is 12.0. The van der Waals surface area contributed by atoms with E-state index >= 15 is 0 Å². The van der Waals surface area contributed by atoms with Crippen molar-refractivity contribution in [1.82, 2.24) is 4.90 Å². The highest BCUT2D eigenvalue weighted by Crippen LogP contribution is 2.38. The molecule has 2 aromatic rings. The fraction of sp³-hybridized carbons (Fsp3) is 0.286. The zero-order chi connectivity index (χ0) is 24.2. The average molecular weight is 489 g/mol. The number of halogens is 5. The monoisotopic (exact) mass is 488 g/mol. The summed E-state index contributed by atoms with van der Waals surface area (Å²) in [5, 5.41) is 9.02. The van der Waals surface area contributed by atoms with Crippen LogP contribution < -0.4 is 9.47 Å². The number of carbonyl (C=O) groups is 2. The second kappa shape index (κ2) is 10.1. The molecule has 0 radical (unpaired) electrons. The molecule has 0 spiro atoms. The minimum Gasteiger partial charge on any atom is -0.481 e. The number of hydrogen-bond donors (Lipinski definition) is 0. The van der Waals surface area contributed by atoms with Gasteiger partial charge in [0.1, 0.15) is 17.2 Å². The Bertz CT molecular complexity index is 1070. The van der Waals surface area contributed by atoms with Crippen LogP contribution in [-0.4, -0.2) is 36.8 Å². The number of amides is 1. The van der Waals surface area contributed by atoms with Crippen LogP contribution in [0.3, 0.4) is 0 Å². The molecular formula is C21H17Cl2F3N2O4. The molecule has 0 aliphatic carbocycles. The number of alkyl halides is 3. The highest BCUT2D eigenvalue weighted by atomic mass is 35.5. The molecule has 170 valence electrons. The van der Waals surface area contributed by atoms with Crippen LogP contribution in [0.15, 0.2) is 36.4 Å². The van der Waals surface area contributed by atoms with Crippen LogP contribution in [0.25, 0.3) is 0 Å². The van der Waals surface area contributed by atoms with Crippen molar-refractivity contribution in [3.8, 4) is 23.3 Å². The molecule has 0 saturated heterocycles. The normalized spacial score (nSPS) is 13.0. The Hall–Kier alpha value is -2.96. The fourth-order valence-corrected chi connectivity index (χ4v) is 2.89. The van der Waals surface area contributed by atoms with Gasteiger partial charge in [0.05, 0.1) is 21.7 Å². The lowest BCUT2D eigenvalue weighted by Crippen LogP contribution is -2.39. The lowest BCUT2D eigenvalue weighted by atomic mass is 10.0. The van der Waals surface area contributed by atoms with E-state index in [1.807, 2.05) is 0 Å². The Morgan fingerprint density at radius 3 is 2.25 bits per heavy atom. The smallest absolute Gasteiger partial charge is 0.416 e. The van der Waals surface area contributed by atoms with E-state index in [2.05, 4.69) is 0 Å². The van der Waals surface area contributed by atoms with Gasteiger partial charge in [-0.1, -0.05) is 23.2 Å². The van der Waals surface area contributed by atoms with Gasteiger partial charge >= 0.3 is 6.18 Å². The first-order valence-electron chi connectivity index (χ1n) is 9.00. The molecule has 2 rings (SSSR count). The van der Waals surface area contributed by atoms with Crippen LogP contribution >= 0.6 is 23.2 Å². The Balaban J connectivity index is 2.22. The SMILES string of the molecule is CC(Oc1cc(Oc2ccc(C(F)(F)F)cc2Cl)ccc1Cl)C(=O)C(C#N)C(=O)N(C)C. The molecule has 11 heteroatoms. The third-order valence-corrected chi connectivity index (χ3v) is 4.80. The van der Waals surface area contributed by atoms with Crippen molar-refractivity contribution in [3.05, 3.63) is 52.0 Å². The summed E-state index contributed by atoms with van der Waals surface area (Å²) in [5.74, 6) is -2.93. The standard InChI is InChI=1S/C21H17Cl2F3N2O4/c1-11(19(29)14(10-27)20(30)28(2)3)31-18-9-13(5-6-15(18)22)32-17-7-4-12(8-16(17)23)21(24,25)26/h4-9,11,14H,1-3H3. The van der Waals surface area contributed by atoms with Crippen molar-refractivity contribution in [1.29, 1.82) is 5.26 Å². The van der Waals surface area contributed by atoms with Gasteiger partial charge in [0.2, 0.25) is 5.91 Å². The van der Waals surface area contributed by atoms with Crippen LogP contribution in [-0.2, 0) is 15.8 Å². The number of hydrogen-bond acceptors (Lipinski definition) is 5. The molecule has 2 aromatic carbocycles. The lowest BCUT2D eigenvalue weighted by Gasteiger charge is -2.19. The number of Topliss-reactive ketones (excluding diaryl/α,β-unsaturated/α-hetero) is 1. The number of carbonyl (C=O) groups excluding carboxylic acids is 2. The molecule has 0 heterocycles. The molecule has 0 aliphatic heterocycles. The van der Waals surface area contributed by atoms with Crippen LogP contribution in [0.5, 0.6) is 17.2 Å². The van der Waals surface area contributed by atoms with Crippen molar-refractivity contribution in [2.24, 2.45) is 5.92 Å². The van der Waals surface area contributed by atoms with Gasteiger partial charge < -0.3 is 14.4 Å². The first-order valence-corrected chi connectivity index (χ1v) is 9.76. The van der Waals surface area contributed by atoms with Crippen LogP contribution in [0.2, 0.25) is 10.0 Å². The van der Waals surface area contributed by atoms with E-state index < -0.39 is 35.5 Å². The zero-order valence-corrected chi connectivity index (χ0v) is 18.5. The number of rotatable bonds is 7. The molecule has 0 fully saturated rings. The van der Waals surface area contributed by atoms with Crippen LogP contribution in [0, 0.1) is 17.2 Å². The third-order valence-electron chi connectivity index (χ3n) is 4.20. The maximum atomic E-state index is 12.8. The predicted molar refractivity (Wildman–Crippen MR) is 111 cm³/mol. The molecule has 1 amide bonds. The van der Waals surface area contributed by atoms with Crippen molar-refractivity contribution < 1.29 is 32.2 Å². The summed E-state index contributed by atoms with van der Waals surface area (Å²) in [4.78, 5) is 25.6. The minimum atomic E-state index is -4.55. The summed E-state index contributed by atoms with van der Waals surface area (Å²) in [6.45, 7) is 1.35. The van der Waals surface area contributed by atoms with Gasteiger partial charge in [-0.15, -0.1) is 0 Å². The Morgan fingerprint density at radius 2 is 1.72 bits per heavy atom. The summed E-state index contributed by atoms with van der Waals surface area (Å²) in [6, 6.07) is 8.38. The average Bonchev–Trinajstić information content (AvgIpc) is 2.71. The maximum absolute atomic E-state index is 12.8. The minimum absolute atomic E-state index is 0.00189. The fourth-order valence-electron chi connectivity index (χ4n) is 2.51. The quantitative estimate of drug-likeness (QED) is 0.489. The Morgan fingerprint density at radius 1 is 1.06 bits per heavy atom. The number of nitrogens with zero attached hydrogens (tertiary/aromatic N) is 2. The van der Waals surface area contributed by atoms with E-state index in [1.54, 1.807) is 6.07 Å². The topological polar surface area (TPSA) is 79.6 Å². The van der Waals surface area contributed by atoms with E-state index in [4.69, 9.17) is 32.7 Å². The molecule has 6 nitrogen and oxygen atoms in total. The lowest BCUT2D eigenvalue weighted by molar-refractivity contribution is -0.140. The first kappa shape index (κ1) is 25.3. The van der Waals surface area contributed by atoms with Crippen molar-refractivity contribution >= 4 is 34.9 Å². The number of ether oxygens (including phenoxy) is 2. The molecule has 2 atom stereocenters. The van der Waals surface area contributed by atoms with Crippen LogP contribution in [0.1, 0.15) is 12.5 Å². The Kier molecular flexibility index (Phi) is 7.99. The van der Waals surface area contributed by atoms with Gasteiger partial charge in [-0.2, -0.15) is 18.4 Å². The summed E-state index contributed by atoms with van der Waals surface area (Å²) in [7, 11) is 2.82. The molecular weight excluding hydrogens is 472 g/mol. The maximum Gasteiger partial charge on any atom is 0.416 e. The third kappa shape index (κ3) is 6.05. The molecule has 32 heavy (non-hydrogen) atoms. The molecule has 0 N–H and O–H groups in total. The molecule has 0 aromatic heterocycles. The number of benzene rings is 2. The van der Waals surface area contributed by atoms with Gasteiger partial charge in [0.15, 0.2) is 17.8 Å². The second-order valence-corrected chi connectivity index (χ2v) is 7.61. The van der Waals surface area contributed by atoms with Crippen LogP contribution in [0.4, 0.5) is 13.2 Å². The van der Waals surface area contributed by atoms with Gasteiger partial charge in [0, 0.05) is 20.2 Å². The van der Waals surface area contributed by atoms with E-state index in [1.165, 1.54) is 39.2 Å². The van der Waals surface area contributed by atoms with Gasteiger partial charge in [-0.25, -0.2) is 0 Å². The van der Waals surface area contributed by atoms with E-state index in [-0.39, 0.29) is 27.3 Å². The van der Waals surface area contributed by atoms with Crippen molar-refractivity contribution in [2.75, 3.05) is 14.1 Å². The van der Waals surface area contributed by atoms with E-state index in [0.29, 0.717) is 0 Å². The predicted octanol–water partition coefficient (Wildman–Crippen LogP) is 5.37. The van der Waals surface area contributed by atoms with E-state index in [0.717, 1.165) is 23.1 Å². The number of ketones is 1. The first-order chi connectivity index (χ1) is 14.8. The summed E-state index contributed by atoms with van der Waals surface area (Å²) in [5.41, 5.74) is -0.929. The van der Waals surface area contributed by atoms with Crippen molar-refractivity contribution in [3.63, 3.8) is 0 Å². The molecule has 0 aliphatic rings. The molecule has 2 unspecified atom stereocenters. The summed E-state index contributed by atoms with van der Waals surface area (Å²) < 4.78 is 49.4. The highest BCUT2D eigenvalue weighted by molar-refractivity contribution is 6.32. The second-order valence-electron chi connectivity index (χ2n) is 6.79. The molecule has 0 saturated carbocycles. The Labute approximate surface area is 192 Å². The largest absolute Gasteiger partial charge is 0.481 e. The van der Waals surface area contributed by atoms with Gasteiger partial charge in [-0.05, 0) is 37.3 Å². The van der Waals surface area contributed by atoms with Gasteiger partial charge in [0.25, 0.3) is 0 Å². The highest BCUT2D eigenvalue weighted by Gasteiger charge is 2.33. The zero-order valence-electron chi connectivity index (χ0n) is 17.0. The van der Waals surface area contributed by atoms with Gasteiger partial charge in [-0.3, -0.25) is 9.59 Å².